The highest BCUT2D eigenvalue weighted by Gasteiger charge is 2.29. The minimum atomic E-state index is 0.618. The summed E-state index contributed by atoms with van der Waals surface area (Å²) in [7, 11) is 0. The van der Waals surface area contributed by atoms with Crippen molar-refractivity contribution in [3.8, 4) is 11.1 Å². The summed E-state index contributed by atoms with van der Waals surface area (Å²) in [6, 6.07) is 8.41. The van der Waals surface area contributed by atoms with Gasteiger partial charge >= 0.3 is 0 Å². The van der Waals surface area contributed by atoms with Gasteiger partial charge in [-0.1, -0.05) is 29.8 Å². The van der Waals surface area contributed by atoms with E-state index in [1.54, 1.807) is 0 Å². The van der Waals surface area contributed by atoms with E-state index in [0.29, 0.717) is 11.7 Å². The Balaban J connectivity index is 2.14. The van der Waals surface area contributed by atoms with Gasteiger partial charge in [0, 0.05) is 17.2 Å². The van der Waals surface area contributed by atoms with Gasteiger partial charge in [-0.05, 0) is 25.3 Å². The van der Waals surface area contributed by atoms with Gasteiger partial charge in [0.25, 0.3) is 0 Å². The number of nitrogen functional groups attached to an aromatic ring is 1. The van der Waals surface area contributed by atoms with Crippen LogP contribution in [0.15, 0.2) is 24.3 Å². The van der Waals surface area contributed by atoms with Crippen LogP contribution in [-0.4, -0.2) is 10.2 Å². The molecule has 16 heavy (non-hydrogen) atoms. The Morgan fingerprint density at radius 2 is 2.19 bits per heavy atom. The highest BCUT2D eigenvalue weighted by Crippen LogP contribution is 2.44. The Morgan fingerprint density at radius 1 is 1.38 bits per heavy atom. The molecule has 0 saturated heterocycles. The smallest absolute Gasteiger partial charge is 0.153 e. The standard InChI is InChI=1S/C13H15N3/c1-8-3-2-4-10(7-8)11-12(9-5-6-9)15-16-13(11)14/h2-4,7,9H,5-6H2,1H3,(H3,14,15,16). The number of nitrogens with two attached hydrogens (primary N) is 1. The number of nitrogens with one attached hydrogen (secondary N) is 1. The number of hydrogen-bond acceptors (Lipinski definition) is 2. The maximum atomic E-state index is 5.95. The topological polar surface area (TPSA) is 54.7 Å². The molecule has 1 aromatic heterocycles. The average Bonchev–Trinajstić information content (AvgIpc) is 3.02. The first-order valence-electron chi connectivity index (χ1n) is 5.66. The maximum Gasteiger partial charge on any atom is 0.153 e. The highest BCUT2D eigenvalue weighted by molar-refractivity contribution is 5.77. The minimum Gasteiger partial charge on any atom is -0.382 e. The summed E-state index contributed by atoms with van der Waals surface area (Å²) in [6.07, 6.45) is 2.50. The third-order valence-electron chi connectivity index (χ3n) is 3.11. The summed E-state index contributed by atoms with van der Waals surface area (Å²) in [5, 5.41) is 7.22. The summed E-state index contributed by atoms with van der Waals surface area (Å²) < 4.78 is 0. The fourth-order valence-corrected chi connectivity index (χ4v) is 2.14. The van der Waals surface area contributed by atoms with E-state index < -0.39 is 0 Å². The molecule has 3 N–H and O–H groups in total. The van der Waals surface area contributed by atoms with Gasteiger partial charge in [-0.25, -0.2) is 0 Å². The summed E-state index contributed by atoms with van der Waals surface area (Å²) in [4.78, 5) is 0. The lowest BCUT2D eigenvalue weighted by Crippen LogP contribution is -1.90. The van der Waals surface area contributed by atoms with Crippen LogP contribution in [0, 0.1) is 6.92 Å². The van der Waals surface area contributed by atoms with Gasteiger partial charge < -0.3 is 5.73 Å². The minimum absolute atomic E-state index is 0.618. The highest BCUT2D eigenvalue weighted by atomic mass is 15.2. The molecule has 0 unspecified atom stereocenters. The maximum absolute atomic E-state index is 5.95. The van der Waals surface area contributed by atoms with Crippen LogP contribution in [0.3, 0.4) is 0 Å². The molecule has 3 heteroatoms. The molecule has 0 amide bonds. The van der Waals surface area contributed by atoms with Crippen LogP contribution in [0.5, 0.6) is 0 Å². The largest absolute Gasteiger partial charge is 0.382 e. The second-order valence-corrected chi connectivity index (χ2v) is 4.54. The molecule has 1 aliphatic carbocycles. The van der Waals surface area contributed by atoms with Gasteiger partial charge in [0.1, 0.15) is 0 Å². The number of aromatic nitrogens is 2. The molecule has 1 heterocycles. The Morgan fingerprint density at radius 3 is 2.88 bits per heavy atom. The van der Waals surface area contributed by atoms with Crippen LogP contribution < -0.4 is 5.73 Å². The molecule has 1 fully saturated rings. The van der Waals surface area contributed by atoms with E-state index >= 15 is 0 Å². The number of rotatable bonds is 2. The summed E-state index contributed by atoms with van der Waals surface area (Å²) in [5.74, 6) is 1.26. The zero-order valence-corrected chi connectivity index (χ0v) is 9.33. The van der Waals surface area contributed by atoms with Crippen molar-refractivity contribution in [2.45, 2.75) is 25.7 Å². The van der Waals surface area contributed by atoms with Crippen molar-refractivity contribution in [1.29, 1.82) is 0 Å². The first-order valence-corrected chi connectivity index (χ1v) is 5.66. The molecule has 3 nitrogen and oxygen atoms in total. The molecule has 0 spiro atoms. The van der Waals surface area contributed by atoms with Crippen molar-refractivity contribution in [3.63, 3.8) is 0 Å². The van der Waals surface area contributed by atoms with E-state index in [1.807, 2.05) is 0 Å². The molecule has 0 atom stereocenters. The molecule has 0 bridgehead atoms. The van der Waals surface area contributed by atoms with Crippen LogP contribution in [0.4, 0.5) is 5.82 Å². The number of aryl methyl sites for hydroxylation is 1. The second kappa shape index (κ2) is 3.37. The molecule has 1 aromatic carbocycles. The first kappa shape index (κ1) is 9.46. The van der Waals surface area contributed by atoms with Gasteiger partial charge in [-0.2, -0.15) is 5.10 Å². The van der Waals surface area contributed by atoms with Crippen molar-refractivity contribution in [2.24, 2.45) is 0 Å². The SMILES string of the molecule is Cc1cccc(-c2c(N)n[nH]c2C2CC2)c1. The average molecular weight is 213 g/mol. The van der Waals surface area contributed by atoms with Crippen LogP contribution in [0.25, 0.3) is 11.1 Å². The lowest BCUT2D eigenvalue weighted by molar-refractivity contribution is 0.969. The van der Waals surface area contributed by atoms with Crippen LogP contribution in [0.2, 0.25) is 0 Å². The Hall–Kier alpha value is -1.77. The van der Waals surface area contributed by atoms with Crippen molar-refractivity contribution in [1.82, 2.24) is 10.2 Å². The van der Waals surface area contributed by atoms with Crippen LogP contribution >= 0.6 is 0 Å². The predicted molar refractivity (Wildman–Crippen MR) is 65.1 cm³/mol. The van der Waals surface area contributed by atoms with E-state index in [2.05, 4.69) is 41.4 Å². The number of benzene rings is 1. The molecule has 0 aliphatic heterocycles. The van der Waals surface area contributed by atoms with Crippen LogP contribution in [-0.2, 0) is 0 Å². The van der Waals surface area contributed by atoms with Crippen molar-refractivity contribution in [3.05, 3.63) is 35.5 Å². The number of anilines is 1. The summed E-state index contributed by atoms with van der Waals surface area (Å²) >= 11 is 0. The Kier molecular flexibility index (Phi) is 1.99. The van der Waals surface area contributed by atoms with Crippen molar-refractivity contribution >= 4 is 5.82 Å². The van der Waals surface area contributed by atoms with Gasteiger partial charge in [-0.15, -0.1) is 0 Å². The molecule has 3 rings (SSSR count). The van der Waals surface area contributed by atoms with Gasteiger partial charge in [0.05, 0.1) is 0 Å². The molecular weight excluding hydrogens is 198 g/mol. The number of nitrogens with zero attached hydrogens (tertiary/aromatic N) is 1. The molecule has 2 aromatic rings. The first-order chi connectivity index (χ1) is 7.75. The van der Waals surface area contributed by atoms with E-state index in [1.165, 1.54) is 29.7 Å². The molecule has 1 aliphatic rings. The number of H-pyrrole nitrogens is 1. The fourth-order valence-electron chi connectivity index (χ4n) is 2.14. The Labute approximate surface area is 94.7 Å². The zero-order chi connectivity index (χ0) is 11.1. The number of hydrogen-bond donors (Lipinski definition) is 2. The fraction of sp³-hybridized carbons (Fsp3) is 0.308. The van der Waals surface area contributed by atoms with E-state index in [9.17, 15) is 0 Å². The monoisotopic (exact) mass is 213 g/mol. The van der Waals surface area contributed by atoms with Crippen molar-refractivity contribution < 1.29 is 0 Å². The normalized spacial score (nSPS) is 15.3. The van der Waals surface area contributed by atoms with Crippen LogP contribution in [0.1, 0.15) is 30.0 Å². The van der Waals surface area contributed by atoms with E-state index in [0.717, 1.165) is 5.56 Å². The summed E-state index contributed by atoms with van der Waals surface area (Å²) in [5.41, 5.74) is 10.7. The molecule has 0 radical (unpaired) electrons. The molecule has 82 valence electrons. The number of aromatic amines is 1. The van der Waals surface area contributed by atoms with Gasteiger partial charge in [0.2, 0.25) is 0 Å². The molecule has 1 saturated carbocycles. The van der Waals surface area contributed by atoms with Crippen molar-refractivity contribution in [2.75, 3.05) is 5.73 Å². The van der Waals surface area contributed by atoms with E-state index in [4.69, 9.17) is 5.73 Å². The van der Waals surface area contributed by atoms with Gasteiger partial charge in [-0.3, -0.25) is 5.10 Å². The Bertz CT molecular complexity index is 524. The zero-order valence-electron chi connectivity index (χ0n) is 9.33. The lowest BCUT2D eigenvalue weighted by Gasteiger charge is -2.04. The lowest BCUT2D eigenvalue weighted by atomic mass is 10.0. The third-order valence-corrected chi connectivity index (χ3v) is 3.11. The second-order valence-electron chi connectivity index (χ2n) is 4.54. The third kappa shape index (κ3) is 1.48. The molecular formula is C13H15N3. The van der Waals surface area contributed by atoms with Gasteiger partial charge in [0.15, 0.2) is 5.82 Å². The quantitative estimate of drug-likeness (QED) is 0.806. The summed E-state index contributed by atoms with van der Waals surface area (Å²) in [6.45, 7) is 2.09. The predicted octanol–water partition coefficient (Wildman–Crippen LogP) is 2.84. The van der Waals surface area contributed by atoms with E-state index in [-0.39, 0.29) is 0 Å².